The van der Waals surface area contributed by atoms with Crippen molar-refractivity contribution in [2.24, 2.45) is 5.10 Å². The maximum atomic E-state index is 13.0. The average molecular weight is 421 g/mol. The summed E-state index contributed by atoms with van der Waals surface area (Å²) in [6.45, 7) is 2.04. The fourth-order valence-electron chi connectivity index (χ4n) is 3.21. The highest BCUT2D eigenvalue weighted by atomic mass is 32.1. The lowest BCUT2D eigenvalue weighted by atomic mass is 10.1. The molecule has 0 spiro atoms. The van der Waals surface area contributed by atoms with E-state index in [0.29, 0.717) is 35.9 Å². The smallest absolute Gasteiger partial charge is 0.281 e. The number of ether oxygens (including phenoxy) is 2. The minimum atomic E-state index is -0.319. The Labute approximate surface area is 177 Å². The van der Waals surface area contributed by atoms with Crippen molar-refractivity contribution in [2.45, 2.75) is 19.4 Å². The molecule has 3 heterocycles. The van der Waals surface area contributed by atoms with E-state index in [9.17, 15) is 4.79 Å². The molecule has 0 saturated heterocycles. The SMILES string of the molecule is CCOc1cc(C#N)ccc1OCC(=O)N1N=C(c2cccs2)CC1c1ccco1. The van der Waals surface area contributed by atoms with Gasteiger partial charge < -0.3 is 13.9 Å². The first kappa shape index (κ1) is 19.7. The zero-order valence-corrected chi connectivity index (χ0v) is 17.1. The third-order valence-electron chi connectivity index (χ3n) is 4.57. The van der Waals surface area contributed by atoms with Gasteiger partial charge in [-0.3, -0.25) is 4.79 Å². The number of nitrogens with zero attached hydrogens (tertiary/aromatic N) is 3. The van der Waals surface area contributed by atoms with E-state index in [1.165, 1.54) is 5.01 Å². The predicted molar refractivity (Wildman–Crippen MR) is 112 cm³/mol. The van der Waals surface area contributed by atoms with E-state index in [1.54, 1.807) is 41.9 Å². The largest absolute Gasteiger partial charge is 0.490 e. The van der Waals surface area contributed by atoms with Gasteiger partial charge in [0.05, 0.1) is 35.1 Å². The predicted octanol–water partition coefficient (Wildman–Crippen LogP) is 4.37. The van der Waals surface area contributed by atoms with E-state index in [0.717, 1.165) is 10.6 Å². The summed E-state index contributed by atoms with van der Waals surface area (Å²) in [5.41, 5.74) is 1.30. The molecule has 152 valence electrons. The second kappa shape index (κ2) is 8.84. The van der Waals surface area contributed by atoms with Gasteiger partial charge in [0.25, 0.3) is 5.91 Å². The van der Waals surface area contributed by atoms with Crippen LogP contribution >= 0.6 is 11.3 Å². The molecule has 0 bridgehead atoms. The van der Waals surface area contributed by atoms with Crippen molar-refractivity contribution in [1.29, 1.82) is 5.26 Å². The summed E-state index contributed by atoms with van der Waals surface area (Å²) in [7, 11) is 0. The van der Waals surface area contributed by atoms with Gasteiger partial charge in [-0.25, -0.2) is 5.01 Å². The van der Waals surface area contributed by atoms with Gasteiger partial charge in [-0.2, -0.15) is 10.4 Å². The van der Waals surface area contributed by atoms with Gasteiger partial charge in [-0.15, -0.1) is 11.3 Å². The van der Waals surface area contributed by atoms with E-state index in [4.69, 9.17) is 19.2 Å². The number of thiophene rings is 1. The Balaban J connectivity index is 1.53. The Kier molecular flexibility index (Phi) is 5.82. The Morgan fingerprint density at radius 3 is 2.90 bits per heavy atom. The first-order valence-corrected chi connectivity index (χ1v) is 10.3. The molecule has 1 aromatic carbocycles. The van der Waals surface area contributed by atoms with Gasteiger partial charge in [0.2, 0.25) is 0 Å². The summed E-state index contributed by atoms with van der Waals surface area (Å²) < 4.78 is 16.8. The summed E-state index contributed by atoms with van der Waals surface area (Å²) in [5, 5.41) is 17.0. The third-order valence-corrected chi connectivity index (χ3v) is 5.49. The van der Waals surface area contributed by atoms with E-state index in [1.807, 2.05) is 30.5 Å². The fraction of sp³-hybridized carbons (Fsp3) is 0.227. The molecule has 1 aliphatic heterocycles. The molecule has 1 aliphatic rings. The number of carbonyl (C=O) groups is 1. The normalized spacial score (nSPS) is 15.5. The van der Waals surface area contributed by atoms with Gasteiger partial charge >= 0.3 is 0 Å². The minimum Gasteiger partial charge on any atom is -0.490 e. The lowest BCUT2D eigenvalue weighted by Crippen LogP contribution is -2.31. The highest BCUT2D eigenvalue weighted by Gasteiger charge is 2.35. The maximum Gasteiger partial charge on any atom is 0.281 e. The molecule has 1 amide bonds. The summed E-state index contributed by atoms with van der Waals surface area (Å²) in [5.74, 6) is 1.21. The molecule has 0 N–H and O–H groups in total. The van der Waals surface area contributed by atoms with E-state index < -0.39 is 0 Å². The van der Waals surface area contributed by atoms with Crippen molar-refractivity contribution in [3.8, 4) is 17.6 Å². The molecule has 0 fully saturated rings. The lowest BCUT2D eigenvalue weighted by molar-refractivity contribution is -0.135. The lowest BCUT2D eigenvalue weighted by Gasteiger charge is -2.20. The van der Waals surface area contributed by atoms with Crippen LogP contribution in [-0.4, -0.2) is 29.8 Å². The van der Waals surface area contributed by atoms with Crippen LogP contribution in [0.2, 0.25) is 0 Å². The summed E-state index contributed by atoms with van der Waals surface area (Å²) in [6, 6.07) is 14.2. The van der Waals surface area contributed by atoms with Crippen molar-refractivity contribution in [1.82, 2.24) is 5.01 Å². The van der Waals surface area contributed by atoms with Crippen LogP contribution in [-0.2, 0) is 4.79 Å². The number of amides is 1. The molecule has 0 aliphatic carbocycles. The van der Waals surface area contributed by atoms with Crippen molar-refractivity contribution in [2.75, 3.05) is 13.2 Å². The summed E-state index contributed by atoms with van der Waals surface area (Å²) in [6.07, 6.45) is 2.16. The van der Waals surface area contributed by atoms with Gasteiger partial charge in [-0.1, -0.05) is 6.07 Å². The zero-order valence-electron chi connectivity index (χ0n) is 16.3. The molecule has 2 aromatic heterocycles. The molecule has 0 saturated carbocycles. The van der Waals surface area contributed by atoms with E-state index >= 15 is 0 Å². The van der Waals surface area contributed by atoms with Gasteiger partial charge in [0.1, 0.15) is 11.8 Å². The minimum absolute atomic E-state index is 0.218. The Morgan fingerprint density at radius 2 is 2.20 bits per heavy atom. The Hall–Kier alpha value is -3.57. The number of rotatable bonds is 7. The quantitative estimate of drug-likeness (QED) is 0.565. The highest BCUT2D eigenvalue weighted by Crippen LogP contribution is 2.34. The van der Waals surface area contributed by atoms with Crippen LogP contribution in [0.15, 0.2) is 63.6 Å². The third kappa shape index (κ3) is 4.07. The Morgan fingerprint density at radius 1 is 1.30 bits per heavy atom. The van der Waals surface area contributed by atoms with Crippen LogP contribution in [0, 0.1) is 11.3 Å². The first-order valence-electron chi connectivity index (χ1n) is 9.46. The molecule has 1 atom stereocenters. The van der Waals surface area contributed by atoms with Crippen LogP contribution in [0.25, 0.3) is 0 Å². The van der Waals surface area contributed by atoms with Crippen molar-refractivity contribution in [3.63, 3.8) is 0 Å². The molecule has 0 radical (unpaired) electrons. The highest BCUT2D eigenvalue weighted by molar-refractivity contribution is 7.12. The second-order valence-corrected chi connectivity index (χ2v) is 7.44. The van der Waals surface area contributed by atoms with Crippen LogP contribution in [0.5, 0.6) is 11.5 Å². The molecule has 7 nitrogen and oxygen atoms in total. The van der Waals surface area contributed by atoms with Crippen LogP contribution in [0.3, 0.4) is 0 Å². The maximum absolute atomic E-state index is 13.0. The monoisotopic (exact) mass is 421 g/mol. The average Bonchev–Trinajstić information content (AvgIpc) is 3.53. The number of furan rings is 1. The number of hydrogen-bond acceptors (Lipinski definition) is 7. The van der Waals surface area contributed by atoms with E-state index in [-0.39, 0.29) is 18.6 Å². The van der Waals surface area contributed by atoms with Crippen LogP contribution in [0.1, 0.15) is 35.6 Å². The summed E-state index contributed by atoms with van der Waals surface area (Å²) in [4.78, 5) is 14.0. The zero-order chi connectivity index (χ0) is 20.9. The second-order valence-electron chi connectivity index (χ2n) is 6.49. The van der Waals surface area contributed by atoms with Crippen molar-refractivity contribution in [3.05, 3.63) is 70.3 Å². The van der Waals surface area contributed by atoms with Gasteiger partial charge in [0, 0.05) is 12.5 Å². The van der Waals surface area contributed by atoms with Gasteiger partial charge in [-0.05, 0) is 42.6 Å². The topological polar surface area (TPSA) is 88.1 Å². The summed E-state index contributed by atoms with van der Waals surface area (Å²) >= 11 is 1.58. The van der Waals surface area contributed by atoms with E-state index in [2.05, 4.69) is 11.2 Å². The Bertz CT molecular complexity index is 1080. The molecule has 30 heavy (non-hydrogen) atoms. The van der Waals surface area contributed by atoms with Crippen molar-refractivity contribution >= 4 is 23.0 Å². The molecular formula is C22H19N3O4S. The molecular weight excluding hydrogens is 402 g/mol. The van der Waals surface area contributed by atoms with Crippen molar-refractivity contribution < 1.29 is 18.7 Å². The molecule has 1 unspecified atom stereocenters. The number of carbonyl (C=O) groups excluding carboxylic acids is 1. The standard InChI is InChI=1S/C22H19N3O4S/c1-2-27-20-11-15(13-23)7-8-19(20)29-14-22(26)25-17(18-5-3-9-28-18)12-16(24-25)21-6-4-10-30-21/h3-11,17H,2,12,14H2,1H3. The molecule has 8 heteroatoms. The molecule has 3 aromatic rings. The number of hydrazone groups is 1. The number of hydrogen-bond donors (Lipinski definition) is 0. The van der Waals surface area contributed by atoms with Gasteiger partial charge in [0.15, 0.2) is 18.1 Å². The van der Waals surface area contributed by atoms with Crippen LogP contribution < -0.4 is 9.47 Å². The number of nitriles is 1. The first-order chi connectivity index (χ1) is 14.7. The fourth-order valence-corrected chi connectivity index (χ4v) is 3.93. The number of benzene rings is 1. The molecule has 4 rings (SSSR count). The van der Waals surface area contributed by atoms with Crippen LogP contribution in [0.4, 0.5) is 0 Å².